The number of aliphatic hydroxyl groups excluding tert-OH is 2. The van der Waals surface area contributed by atoms with E-state index in [-0.39, 0.29) is 18.1 Å². The molecule has 0 aliphatic heterocycles. The first-order valence-corrected chi connectivity index (χ1v) is 5.50. The summed E-state index contributed by atoms with van der Waals surface area (Å²) in [7, 11) is 0. The Morgan fingerprint density at radius 1 is 1.50 bits per heavy atom. The lowest BCUT2D eigenvalue weighted by atomic mass is 9.64. The number of aliphatic hydroxyl groups is 2. The Labute approximate surface area is 86.5 Å². The van der Waals surface area contributed by atoms with Crippen LogP contribution in [0, 0.1) is 11.3 Å². The molecule has 0 amide bonds. The molecule has 0 aromatic carbocycles. The van der Waals surface area contributed by atoms with Crippen LogP contribution in [-0.2, 0) is 0 Å². The molecular weight excluding hydrogens is 178 g/mol. The van der Waals surface area contributed by atoms with Crippen molar-refractivity contribution in [1.82, 2.24) is 5.32 Å². The number of nitrogens with one attached hydrogen (secondary N) is 1. The largest absolute Gasteiger partial charge is 0.396 e. The molecule has 3 nitrogen and oxygen atoms in total. The second kappa shape index (κ2) is 4.60. The van der Waals surface area contributed by atoms with E-state index in [2.05, 4.69) is 26.1 Å². The maximum absolute atomic E-state index is 9.53. The molecule has 1 fully saturated rings. The topological polar surface area (TPSA) is 52.5 Å². The van der Waals surface area contributed by atoms with Crippen LogP contribution in [0.25, 0.3) is 0 Å². The summed E-state index contributed by atoms with van der Waals surface area (Å²) >= 11 is 0. The standard InChI is InChI=1S/C11H23NO2/c1-8(4-5-13)7-12-9-6-10(14)11(9,2)3/h8-10,12-14H,4-7H2,1-3H3. The van der Waals surface area contributed by atoms with Gasteiger partial charge in [0, 0.05) is 18.1 Å². The summed E-state index contributed by atoms with van der Waals surface area (Å²) in [4.78, 5) is 0. The van der Waals surface area contributed by atoms with Gasteiger partial charge in [-0.05, 0) is 25.3 Å². The van der Waals surface area contributed by atoms with E-state index < -0.39 is 0 Å². The van der Waals surface area contributed by atoms with E-state index in [4.69, 9.17) is 5.11 Å². The first kappa shape index (κ1) is 12.0. The first-order valence-electron chi connectivity index (χ1n) is 5.50. The lowest BCUT2D eigenvalue weighted by Gasteiger charge is -2.50. The molecule has 3 N–H and O–H groups in total. The van der Waals surface area contributed by atoms with Gasteiger partial charge in [0.05, 0.1) is 6.10 Å². The molecule has 3 heteroatoms. The Morgan fingerprint density at radius 2 is 2.14 bits per heavy atom. The summed E-state index contributed by atoms with van der Waals surface area (Å²) in [5.41, 5.74) is 0.0128. The van der Waals surface area contributed by atoms with Gasteiger partial charge in [-0.2, -0.15) is 0 Å². The van der Waals surface area contributed by atoms with Crippen LogP contribution in [-0.4, -0.2) is 35.5 Å². The maximum Gasteiger partial charge on any atom is 0.0621 e. The molecule has 1 rings (SSSR count). The van der Waals surface area contributed by atoms with Gasteiger partial charge in [0.25, 0.3) is 0 Å². The number of hydrogen-bond donors (Lipinski definition) is 3. The summed E-state index contributed by atoms with van der Waals surface area (Å²) in [6.45, 7) is 7.51. The van der Waals surface area contributed by atoms with Crippen molar-refractivity contribution in [2.24, 2.45) is 11.3 Å². The molecule has 14 heavy (non-hydrogen) atoms. The predicted octanol–water partition coefficient (Wildman–Crippen LogP) is 0.754. The van der Waals surface area contributed by atoms with E-state index in [0.717, 1.165) is 19.4 Å². The Kier molecular flexibility index (Phi) is 3.93. The highest BCUT2D eigenvalue weighted by Gasteiger charge is 2.46. The zero-order valence-electron chi connectivity index (χ0n) is 9.45. The normalized spacial score (nSPS) is 32.4. The molecule has 3 unspecified atom stereocenters. The fourth-order valence-electron chi connectivity index (χ4n) is 1.91. The maximum atomic E-state index is 9.53. The molecule has 1 aliphatic rings. The van der Waals surface area contributed by atoms with Gasteiger partial charge in [-0.15, -0.1) is 0 Å². The fourth-order valence-corrected chi connectivity index (χ4v) is 1.91. The smallest absolute Gasteiger partial charge is 0.0621 e. The zero-order valence-corrected chi connectivity index (χ0v) is 9.45. The minimum atomic E-state index is -0.159. The van der Waals surface area contributed by atoms with E-state index in [9.17, 15) is 5.11 Å². The van der Waals surface area contributed by atoms with E-state index >= 15 is 0 Å². The third-order valence-corrected chi connectivity index (χ3v) is 3.55. The summed E-state index contributed by atoms with van der Waals surface area (Å²) in [5.74, 6) is 0.508. The van der Waals surface area contributed by atoms with Crippen LogP contribution >= 0.6 is 0 Å². The van der Waals surface area contributed by atoms with Crippen LogP contribution < -0.4 is 5.32 Å². The van der Waals surface area contributed by atoms with Crippen LogP contribution in [0.2, 0.25) is 0 Å². The second-order valence-corrected chi connectivity index (χ2v) is 5.15. The molecule has 3 atom stereocenters. The van der Waals surface area contributed by atoms with Crippen LogP contribution in [0.4, 0.5) is 0 Å². The van der Waals surface area contributed by atoms with Crippen molar-refractivity contribution in [3.8, 4) is 0 Å². The van der Waals surface area contributed by atoms with E-state index in [1.54, 1.807) is 0 Å². The Bertz CT molecular complexity index is 182. The number of hydrogen-bond acceptors (Lipinski definition) is 3. The van der Waals surface area contributed by atoms with Crippen LogP contribution in [0.15, 0.2) is 0 Å². The molecule has 1 aliphatic carbocycles. The third-order valence-electron chi connectivity index (χ3n) is 3.55. The minimum Gasteiger partial charge on any atom is -0.396 e. The average Bonchev–Trinajstić information content (AvgIpc) is 2.12. The Balaban J connectivity index is 2.20. The summed E-state index contributed by atoms with van der Waals surface area (Å²) in [6.07, 6.45) is 1.55. The zero-order chi connectivity index (χ0) is 10.8. The van der Waals surface area contributed by atoms with Crippen molar-refractivity contribution >= 4 is 0 Å². The van der Waals surface area contributed by atoms with Gasteiger partial charge in [-0.25, -0.2) is 0 Å². The van der Waals surface area contributed by atoms with Crippen molar-refractivity contribution in [2.75, 3.05) is 13.2 Å². The predicted molar refractivity (Wildman–Crippen MR) is 57.1 cm³/mol. The monoisotopic (exact) mass is 201 g/mol. The van der Waals surface area contributed by atoms with Gasteiger partial charge in [-0.1, -0.05) is 20.8 Å². The highest BCUT2D eigenvalue weighted by molar-refractivity contribution is 5.01. The van der Waals surface area contributed by atoms with Crippen molar-refractivity contribution < 1.29 is 10.2 Å². The van der Waals surface area contributed by atoms with Crippen LogP contribution in [0.3, 0.4) is 0 Å². The highest BCUT2D eigenvalue weighted by Crippen LogP contribution is 2.40. The SMILES string of the molecule is CC(CCO)CNC1CC(O)C1(C)C. The van der Waals surface area contributed by atoms with E-state index in [1.807, 2.05) is 0 Å². The molecule has 0 radical (unpaired) electrons. The Hall–Kier alpha value is -0.120. The summed E-state index contributed by atoms with van der Waals surface area (Å²) < 4.78 is 0. The van der Waals surface area contributed by atoms with E-state index in [0.29, 0.717) is 12.0 Å². The number of rotatable bonds is 5. The molecule has 0 aromatic rings. The minimum absolute atomic E-state index is 0.0128. The van der Waals surface area contributed by atoms with Crippen molar-refractivity contribution in [3.63, 3.8) is 0 Å². The fraction of sp³-hybridized carbons (Fsp3) is 1.00. The Morgan fingerprint density at radius 3 is 2.57 bits per heavy atom. The molecule has 0 spiro atoms. The highest BCUT2D eigenvalue weighted by atomic mass is 16.3. The van der Waals surface area contributed by atoms with Crippen LogP contribution in [0.5, 0.6) is 0 Å². The van der Waals surface area contributed by atoms with Gasteiger partial charge in [0.15, 0.2) is 0 Å². The third kappa shape index (κ3) is 2.47. The lowest BCUT2D eigenvalue weighted by Crippen LogP contribution is -2.60. The van der Waals surface area contributed by atoms with Gasteiger partial charge in [0.2, 0.25) is 0 Å². The average molecular weight is 201 g/mol. The lowest BCUT2D eigenvalue weighted by molar-refractivity contribution is -0.0732. The summed E-state index contributed by atoms with van der Waals surface area (Å²) in [6, 6.07) is 0.429. The summed E-state index contributed by atoms with van der Waals surface area (Å²) in [5, 5.41) is 21.7. The van der Waals surface area contributed by atoms with Gasteiger partial charge in [-0.3, -0.25) is 0 Å². The van der Waals surface area contributed by atoms with Crippen molar-refractivity contribution in [1.29, 1.82) is 0 Å². The molecule has 1 saturated carbocycles. The molecular formula is C11H23NO2. The molecule has 0 bridgehead atoms. The van der Waals surface area contributed by atoms with E-state index in [1.165, 1.54) is 0 Å². The molecule has 0 saturated heterocycles. The van der Waals surface area contributed by atoms with Gasteiger partial charge >= 0.3 is 0 Å². The quantitative estimate of drug-likeness (QED) is 0.615. The molecule has 0 aromatic heterocycles. The van der Waals surface area contributed by atoms with Crippen molar-refractivity contribution in [3.05, 3.63) is 0 Å². The van der Waals surface area contributed by atoms with Gasteiger partial charge < -0.3 is 15.5 Å². The first-order chi connectivity index (χ1) is 6.48. The van der Waals surface area contributed by atoms with Crippen LogP contribution in [0.1, 0.15) is 33.6 Å². The molecule has 0 heterocycles. The van der Waals surface area contributed by atoms with Crippen molar-refractivity contribution in [2.45, 2.75) is 45.8 Å². The van der Waals surface area contributed by atoms with Gasteiger partial charge in [0.1, 0.15) is 0 Å². The molecule has 84 valence electrons. The second-order valence-electron chi connectivity index (χ2n) is 5.15.